The third-order valence-corrected chi connectivity index (χ3v) is 2.01. The molecule has 2 N–H and O–H groups in total. The molecule has 78 valence electrons. The fourth-order valence-electron chi connectivity index (χ4n) is 1.24. The molecule has 0 saturated heterocycles. The Morgan fingerprint density at radius 2 is 2.36 bits per heavy atom. The number of hydrogen-bond acceptors (Lipinski definition) is 3. The van der Waals surface area contributed by atoms with Crippen LogP contribution in [0.5, 0.6) is 0 Å². The lowest BCUT2D eigenvalue weighted by molar-refractivity contribution is 0.181. The molecule has 0 radical (unpaired) electrons. The van der Waals surface area contributed by atoms with E-state index in [0.717, 1.165) is 31.6 Å². The molecule has 0 aliphatic carbocycles. The molecule has 1 aromatic heterocycles. The van der Waals surface area contributed by atoms with Crippen molar-refractivity contribution in [3.05, 3.63) is 30.1 Å². The zero-order valence-corrected chi connectivity index (χ0v) is 8.61. The van der Waals surface area contributed by atoms with Crippen LogP contribution in [0.1, 0.15) is 25.5 Å². The summed E-state index contributed by atoms with van der Waals surface area (Å²) in [7, 11) is 0. The molecule has 1 aromatic rings. The molecule has 0 aliphatic rings. The highest BCUT2D eigenvalue weighted by Crippen LogP contribution is 1.95. The Morgan fingerprint density at radius 1 is 1.50 bits per heavy atom. The number of pyridine rings is 1. The highest BCUT2D eigenvalue weighted by molar-refractivity contribution is 5.02. The number of nitrogens with zero attached hydrogens (tertiary/aromatic N) is 1. The van der Waals surface area contributed by atoms with Crippen LogP contribution in [0.3, 0.4) is 0 Å². The fraction of sp³-hybridized carbons (Fsp3) is 0.545. The number of aliphatic hydroxyl groups excluding tert-OH is 1. The molecule has 0 aliphatic heterocycles. The standard InChI is InChI=1S/C11H18N2O/c1-10(14)5-4-7-12-9-11-6-2-3-8-13-11/h2-3,6,8,10,12,14H,4-5,7,9H2,1H3. The molecule has 0 spiro atoms. The van der Waals surface area contributed by atoms with Crippen LogP contribution in [0.4, 0.5) is 0 Å². The van der Waals surface area contributed by atoms with Crippen LogP contribution in [0.15, 0.2) is 24.4 Å². The average Bonchev–Trinajstić information content (AvgIpc) is 2.18. The minimum Gasteiger partial charge on any atom is -0.393 e. The van der Waals surface area contributed by atoms with E-state index in [1.54, 1.807) is 6.20 Å². The summed E-state index contributed by atoms with van der Waals surface area (Å²) in [5, 5.41) is 12.3. The predicted molar refractivity (Wildman–Crippen MR) is 56.9 cm³/mol. The quantitative estimate of drug-likeness (QED) is 0.672. The molecule has 0 aromatic carbocycles. The second-order valence-electron chi connectivity index (χ2n) is 3.49. The number of nitrogens with one attached hydrogen (secondary N) is 1. The Labute approximate surface area is 85.2 Å². The molecule has 1 rings (SSSR count). The summed E-state index contributed by atoms with van der Waals surface area (Å²) in [6, 6.07) is 5.90. The third-order valence-electron chi connectivity index (χ3n) is 2.01. The van der Waals surface area contributed by atoms with E-state index in [1.807, 2.05) is 25.1 Å². The van der Waals surface area contributed by atoms with Gasteiger partial charge in [-0.3, -0.25) is 4.98 Å². The first-order valence-corrected chi connectivity index (χ1v) is 5.07. The number of aliphatic hydroxyl groups is 1. The van der Waals surface area contributed by atoms with Gasteiger partial charge >= 0.3 is 0 Å². The van der Waals surface area contributed by atoms with E-state index < -0.39 is 0 Å². The monoisotopic (exact) mass is 194 g/mol. The van der Waals surface area contributed by atoms with Gasteiger partial charge in [0.15, 0.2) is 0 Å². The number of hydrogen-bond donors (Lipinski definition) is 2. The molecule has 1 atom stereocenters. The maximum atomic E-state index is 9.03. The van der Waals surface area contributed by atoms with Crippen LogP contribution >= 0.6 is 0 Å². The summed E-state index contributed by atoms with van der Waals surface area (Å²) in [6.45, 7) is 3.56. The maximum Gasteiger partial charge on any atom is 0.0541 e. The predicted octanol–water partition coefficient (Wildman–Crippen LogP) is 1.33. The van der Waals surface area contributed by atoms with Crippen molar-refractivity contribution in [3.8, 4) is 0 Å². The average molecular weight is 194 g/mol. The van der Waals surface area contributed by atoms with E-state index in [2.05, 4.69) is 10.3 Å². The van der Waals surface area contributed by atoms with Crippen molar-refractivity contribution in [2.24, 2.45) is 0 Å². The van der Waals surface area contributed by atoms with Crippen LogP contribution in [0.2, 0.25) is 0 Å². The molecule has 3 heteroatoms. The third kappa shape index (κ3) is 4.94. The highest BCUT2D eigenvalue weighted by Gasteiger charge is 1.95. The Hall–Kier alpha value is -0.930. The van der Waals surface area contributed by atoms with Crippen molar-refractivity contribution in [1.29, 1.82) is 0 Å². The largest absolute Gasteiger partial charge is 0.393 e. The lowest BCUT2D eigenvalue weighted by Crippen LogP contribution is -2.16. The molecule has 3 nitrogen and oxygen atoms in total. The lowest BCUT2D eigenvalue weighted by Gasteiger charge is -2.05. The SMILES string of the molecule is CC(O)CCCNCc1ccccn1. The van der Waals surface area contributed by atoms with Crippen LogP contribution in [0.25, 0.3) is 0 Å². The van der Waals surface area contributed by atoms with Crippen molar-refractivity contribution in [2.75, 3.05) is 6.54 Å². The molecule has 0 amide bonds. The first-order valence-electron chi connectivity index (χ1n) is 5.07. The first-order chi connectivity index (χ1) is 6.79. The van der Waals surface area contributed by atoms with Gasteiger partial charge in [-0.05, 0) is 38.4 Å². The minimum atomic E-state index is -0.188. The van der Waals surface area contributed by atoms with Gasteiger partial charge in [-0.2, -0.15) is 0 Å². The van der Waals surface area contributed by atoms with Gasteiger partial charge in [0, 0.05) is 12.7 Å². The Bertz CT molecular complexity index is 236. The van der Waals surface area contributed by atoms with Crippen LogP contribution < -0.4 is 5.32 Å². The van der Waals surface area contributed by atoms with Gasteiger partial charge in [-0.15, -0.1) is 0 Å². The zero-order chi connectivity index (χ0) is 10.2. The van der Waals surface area contributed by atoms with E-state index in [0.29, 0.717) is 0 Å². The smallest absolute Gasteiger partial charge is 0.0541 e. The summed E-state index contributed by atoms with van der Waals surface area (Å²) in [6.07, 6.45) is 3.47. The topological polar surface area (TPSA) is 45.1 Å². The van der Waals surface area contributed by atoms with Crippen LogP contribution in [-0.2, 0) is 6.54 Å². The van der Waals surface area contributed by atoms with E-state index in [-0.39, 0.29) is 6.10 Å². The van der Waals surface area contributed by atoms with Crippen molar-refractivity contribution >= 4 is 0 Å². The molecule has 14 heavy (non-hydrogen) atoms. The van der Waals surface area contributed by atoms with Gasteiger partial charge in [0.05, 0.1) is 11.8 Å². The van der Waals surface area contributed by atoms with Crippen molar-refractivity contribution in [1.82, 2.24) is 10.3 Å². The van der Waals surface area contributed by atoms with Crippen molar-refractivity contribution < 1.29 is 5.11 Å². The Kier molecular flexibility index (Phi) is 5.19. The summed E-state index contributed by atoms with van der Waals surface area (Å²) < 4.78 is 0. The highest BCUT2D eigenvalue weighted by atomic mass is 16.3. The maximum absolute atomic E-state index is 9.03. The Balaban J connectivity index is 2.05. The second-order valence-corrected chi connectivity index (χ2v) is 3.49. The normalized spacial score (nSPS) is 12.7. The van der Waals surface area contributed by atoms with Gasteiger partial charge in [-0.25, -0.2) is 0 Å². The summed E-state index contributed by atoms with van der Waals surface area (Å²) in [4.78, 5) is 4.20. The van der Waals surface area contributed by atoms with E-state index >= 15 is 0 Å². The Morgan fingerprint density at radius 3 is 3.00 bits per heavy atom. The van der Waals surface area contributed by atoms with E-state index in [1.165, 1.54) is 0 Å². The molecular weight excluding hydrogens is 176 g/mol. The van der Waals surface area contributed by atoms with Gasteiger partial charge in [0.1, 0.15) is 0 Å². The molecule has 0 fully saturated rings. The van der Waals surface area contributed by atoms with Gasteiger partial charge in [-0.1, -0.05) is 6.07 Å². The molecule has 1 heterocycles. The number of rotatable bonds is 6. The number of aromatic nitrogens is 1. The molecule has 1 unspecified atom stereocenters. The second kappa shape index (κ2) is 6.51. The molecular formula is C11H18N2O. The summed E-state index contributed by atoms with van der Waals surface area (Å²) in [5.41, 5.74) is 1.06. The zero-order valence-electron chi connectivity index (χ0n) is 8.61. The van der Waals surface area contributed by atoms with Crippen LogP contribution in [-0.4, -0.2) is 22.7 Å². The fourth-order valence-corrected chi connectivity index (χ4v) is 1.24. The minimum absolute atomic E-state index is 0.188. The molecule has 0 saturated carbocycles. The first kappa shape index (κ1) is 11.1. The lowest BCUT2D eigenvalue weighted by atomic mass is 10.2. The molecule has 0 bridgehead atoms. The van der Waals surface area contributed by atoms with Gasteiger partial charge < -0.3 is 10.4 Å². The van der Waals surface area contributed by atoms with Gasteiger partial charge in [0.2, 0.25) is 0 Å². The van der Waals surface area contributed by atoms with E-state index in [9.17, 15) is 0 Å². The summed E-state index contributed by atoms with van der Waals surface area (Å²) >= 11 is 0. The van der Waals surface area contributed by atoms with Crippen molar-refractivity contribution in [3.63, 3.8) is 0 Å². The summed E-state index contributed by atoms with van der Waals surface area (Å²) in [5.74, 6) is 0. The van der Waals surface area contributed by atoms with E-state index in [4.69, 9.17) is 5.11 Å². The van der Waals surface area contributed by atoms with Crippen LogP contribution in [0, 0.1) is 0 Å². The van der Waals surface area contributed by atoms with Gasteiger partial charge in [0.25, 0.3) is 0 Å². The van der Waals surface area contributed by atoms with Crippen molar-refractivity contribution in [2.45, 2.75) is 32.4 Å².